The number of nitrogens with zero attached hydrogens (tertiary/aromatic N) is 1. The second-order valence-corrected chi connectivity index (χ2v) is 6.89. The number of methoxy groups -OCH3 is 3. The van der Waals surface area contributed by atoms with E-state index in [0.717, 1.165) is 18.4 Å². The Morgan fingerprint density at radius 2 is 1.82 bits per heavy atom. The summed E-state index contributed by atoms with van der Waals surface area (Å²) in [5.74, 6) is 0.732. The van der Waals surface area contributed by atoms with Gasteiger partial charge >= 0.3 is 5.97 Å². The fraction of sp³-hybridized carbons (Fsp3) is 0.429. The molecule has 7 heteroatoms. The Balaban J connectivity index is 1.93. The summed E-state index contributed by atoms with van der Waals surface area (Å²) in [5, 5.41) is 0. The van der Waals surface area contributed by atoms with Gasteiger partial charge in [0.05, 0.1) is 32.9 Å². The van der Waals surface area contributed by atoms with Gasteiger partial charge in [-0.15, -0.1) is 0 Å². The summed E-state index contributed by atoms with van der Waals surface area (Å²) in [4.78, 5) is 30.3. The Morgan fingerprint density at radius 3 is 2.46 bits per heavy atom. The molecule has 1 aliphatic rings. The minimum Gasteiger partial charge on any atom is -0.493 e. The van der Waals surface area contributed by atoms with Crippen LogP contribution in [0.4, 0.5) is 0 Å². The van der Waals surface area contributed by atoms with Gasteiger partial charge in [-0.2, -0.15) is 0 Å². The molecule has 0 bridgehead atoms. The number of nitrogens with one attached hydrogen (secondary N) is 1. The van der Waals surface area contributed by atoms with Crippen molar-refractivity contribution in [2.75, 3.05) is 27.9 Å². The number of H-pyrrole nitrogens is 1. The third kappa shape index (κ3) is 3.32. The summed E-state index contributed by atoms with van der Waals surface area (Å²) in [6.07, 6.45) is 1.77. The van der Waals surface area contributed by atoms with Crippen LogP contribution in [-0.4, -0.2) is 49.6 Å². The van der Waals surface area contributed by atoms with E-state index in [2.05, 4.69) is 4.98 Å². The van der Waals surface area contributed by atoms with Gasteiger partial charge in [0.15, 0.2) is 11.5 Å². The number of carbonyl (C=O) groups is 2. The zero-order valence-corrected chi connectivity index (χ0v) is 16.9. The van der Waals surface area contributed by atoms with Crippen molar-refractivity contribution in [3.8, 4) is 11.5 Å². The average Bonchev–Trinajstić information content (AvgIpc) is 3.31. The van der Waals surface area contributed by atoms with Crippen molar-refractivity contribution in [3.63, 3.8) is 0 Å². The molecule has 150 valence electrons. The summed E-state index contributed by atoms with van der Waals surface area (Å²) in [7, 11) is 4.53. The van der Waals surface area contributed by atoms with Crippen molar-refractivity contribution in [2.24, 2.45) is 0 Å². The van der Waals surface area contributed by atoms with Crippen LogP contribution in [0.15, 0.2) is 18.2 Å². The lowest BCUT2D eigenvalue weighted by molar-refractivity contribution is 0.0599. The number of rotatable bonds is 5. The maximum Gasteiger partial charge on any atom is 0.339 e. The normalized spacial score (nSPS) is 16.2. The van der Waals surface area contributed by atoms with E-state index < -0.39 is 5.97 Å². The molecule has 28 heavy (non-hydrogen) atoms. The first kappa shape index (κ1) is 19.8. The van der Waals surface area contributed by atoms with Crippen molar-refractivity contribution in [2.45, 2.75) is 32.7 Å². The van der Waals surface area contributed by atoms with Gasteiger partial charge in [-0.25, -0.2) is 4.79 Å². The van der Waals surface area contributed by atoms with Gasteiger partial charge in [0.2, 0.25) is 0 Å². The number of aromatic amines is 1. The molecule has 0 radical (unpaired) electrons. The molecule has 1 aliphatic heterocycles. The monoisotopic (exact) mass is 386 g/mol. The second kappa shape index (κ2) is 7.96. The maximum absolute atomic E-state index is 13.3. The standard InChI is InChI=1S/C21H26N2O5/c1-12-18(21(25)28-5)13(2)22-19(12)20(24)23-10-6-7-15(23)14-8-9-16(26-3)17(11-14)27-4/h8-9,11,15,22H,6-7,10H2,1-5H3/t15-/m1/s1. The molecule has 1 N–H and O–H groups in total. The number of esters is 1. The number of hydrogen-bond acceptors (Lipinski definition) is 5. The highest BCUT2D eigenvalue weighted by atomic mass is 16.5. The third-order valence-corrected chi connectivity index (χ3v) is 5.35. The van der Waals surface area contributed by atoms with Crippen LogP contribution in [-0.2, 0) is 4.74 Å². The lowest BCUT2D eigenvalue weighted by Crippen LogP contribution is -2.31. The molecule has 1 amide bonds. The van der Waals surface area contributed by atoms with Crippen molar-refractivity contribution >= 4 is 11.9 Å². The Labute approximate surface area is 164 Å². The molecule has 2 heterocycles. The van der Waals surface area contributed by atoms with Crippen LogP contribution < -0.4 is 9.47 Å². The number of hydrogen-bond donors (Lipinski definition) is 1. The maximum atomic E-state index is 13.3. The minimum absolute atomic E-state index is 0.0584. The highest BCUT2D eigenvalue weighted by Gasteiger charge is 2.34. The van der Waals surface area contributed by atoms with Crippen molar-refractivity contribution in [1.82, 2.24) is 9.88 Å². The molecule has 1 aromatic heterocycles. The molecule has 0 unspecified atom stereocenters. The molecule has 1 fully saturated rings. The highest BCUT2D eigenvalue weighted by Crippen LogP contribution is 2.38. The van der Waals surface area contributed by atoms with Crippen LogP contribution in [0.5, 0.6) is 11.5 Å². The lowest BCUT2D eigenvalue weighted by atomic mass is 10.0. The van der Waals surface area contributed by atoms with E-state index in [1.54, 1.807) is 28.1 Å². The number of benzene rings is 1. The van der Waals surface area contributed by atoms with Gasteiger partial charge in [-0.3, -0.25) is 4.79 Å². The lowest BCUT2D eigenvalue weighted by Gasteiger charge is -2.25. The van der Waals surface area contributed by atoms with E-state index in [1.165, 1.54) is 7.11 Å². The van der Waals surface area contributed by atoms with Crippen LogP contribution in [0.1, 0.15) is 56.6 Å². The van der Waals surface area contributed by atoms with Crippen molar-refractivity contribution in [1.29, 1.82) is 0 Å². The van der Waals surface area contributed by atoms with Crippen LogP contribution in [0.25, 0.3) is 0 Å². The summed E-state index contributed by atoms with van der Waals surface area (Å²) in [6, 6.07) is 5.68. The summed E-state index contributed by atoms with van der Waals surface area (Å²) < 4.78 is 15.6. The number of likely N-dealkylation sites (tertiary alicyclic amines) is 1. The van der Waals surface area contributed by atoms with Crippen LogP contribution in [0, 0.1) is 13.8 Å². The van der Waals surface area contributed by atoms with Crippen molar-refractivity contribution < 1.29 is 23.8 Å². The first-order chi connectivity index (χ1) is 13.4. The molecule has 0 aliphatic carbocycles. The fourth-order valence-corrected chi connectivity index (χ4v) is 3.93. The van der Waals surface area contributed by atoms with E-state index in [0.29, 0.717) is 40.6 Å². The minimum atomic E-state index is -0.442. The Kier molecular flexibility index (Phi) is 5.63. The Morgan fingerprint density at radius 1 is 1.11 bits per heavy atom. The molecular formula is C21H26N2O5. The molecular weight excluding hydrogens is 360 g/mol. The van der Waals surface area contributed by atoms with Gasteiger partial charge in [0, 0.05) is 12.2 Å². The molecule has 0 saturated carbocycles. The first-order valence-corrected chi connectivity index (χ1v) is 9.23. The van der Waals surface area contributed by atoms with E-state index in [1.807, 2.05) is 23.1 Å². The van der Waals surface area contributed by atoms with Crippen LogP contribution >= 0.6 is 0 Å². The predicted molar refractivity (Wildman–Crippen MR) is 104 cm³/mol. The van der Waals surface area contributed by atoms with Gasteiger partial charge in [0.1, 0.15) is 5.69 Å². The van der Waals surface area contributed by atoms with Crippen LogP contribution in [0.3, 0.4) is 0 Å². The van der Waals surface area contributed by atoms with E-state index in [-0.39, 0.29) is 11.9 Å². The summed E-state index contributed by atoms with van der Waals surface area (Å²) in [6.45, 7) is 4.19. The molecule has 1 atom stereocenters. The van der Waals surface area contributed by atoms with E-state index in [4.69, 9.17) is 14.2 Å². The van der Waals surface area contributed by atoms with Crippen molar-refractivity contribution in [3.05, 3.63) is 46.3 Å². The predicted octanol–water partition coefficient (Wildman–Crippen LogP) is 3.41. The van der Waals surface area contributed by atoms with Gasteiger partial charge in [-0.05, 0) is 49.9 Å². The largest absolute Gasteiger partial charge is 0.493 e. The van der Waals surface area contributed by atoms with E-state index >= 15 is 0 Å². The molecule has 0 spiro atoms. The zero-order chi connectivity index (χ0) is 20.4. The zero-order valence-electron chi connectivity index (χ0n) is 16.9. The number of carbonyl (C=O) groups excluding carboxylic acids is 2. The number of ether oxygens (including phenoxy) is 3. The molecule has 1 saturated heterocycles. The Bertz CT molecular complexity index is 902. The molecule has 2 aromatic rings. The first-order valence-electron chi connectivity index (χ1n) is 9.23. The molecule has 1 aromatic carbocycles. The molecule has 7 nitrogen and oxygen atoms in total. The molecule has 3 rings (SSSR count). The number of amides is 1. The number of aromatic nitrogens is 1. The van der Waals surface area contributed by atoms with Gasteiger partial charge in [-0.1, -0.05) is 6.07 Å². The second-order valence-electron chi connectivity index (χ2n) is 6.89. The van der Waals surface area contributed by atoms with Gasteiger partial charge in [0.25, 0.3) is 5.91 Å². The average molecular weight is 386 g/mol. The number of aryl methyl sites for hydroxylation is 1. The van der Waals surface area contributed by atoms with Crippen LogP contribution in [0.2, 0.25) is 0 Å². The topological polar surface area (TPSA) is 80.9 Å². The van der Waals surface area contributed by atoms with E-state index in [9.17, 15) is 9.59 Å². The quantitative estimate of drug-likeness (QED) is 0.797. The summed E-state index contributed by atoms with van der Waals surface area (Å²) in [5.41, 5.74) is 3.11. The Hall–Kier alpha value is -2.96. The SMILES string of the molecule is COC(=O)c1c(C)[nH]c(C(=O)N2CCC[C@@H]2c2ccc(OC)c(OC)c2)c1C. The smallest absolute Gasteiger partial charge is 0.339 e. The highest BCUT2D eigenvalue weighted by molar-refractivity contribution is 6.00. The third-order valence-electron chi connectivity index (χ3n) is 5.35. The fourth-order valence-electron chi connectivity index (χ4n) is 3.93. The summed E-state index contributed by atoms with van der Waals surface area (Å²) >= 11 is 0. The van der Waals surface area contributed by atoms with Gasteiger partial charge < -0.3 is 24.1 Å².